The quantitative estimate of drug-likeness (QED) is 0.719. The van der Waals surface area contributed by atoms with Crippen LogP contribution >= 0.6 is 11.3 Å². The molecule has 2 aliphatic carbocycles. The fourth-order valence-corrected chi connectivity index (χ4v) is 3.63. The van der Waals surface area contributed by atoms with Gasteiger partial charge in [-0.3, -0.25) is 4.79 Å². The lowest BCUT2D eigenvalue weighted by Gasteiger charge is -2.29. The zero-order chi connectivity index (χ0) is 11.1. The summed E-state index contributed by atoms with van der Waals surface area (Å²) in [5.74, 6) is 1.49. The normalized spacial score (nSPS) is 30.9. The first-order valence-electron chi connectivity index (χ1n) is 5.74. The van der Waals surface area contributed by atoms with Crippen molar-refractivity contribution < 1.29 is 4.79 Å². The summed E-state index contributed by atoms with van der Waals surface area (Å²) >= 11 is 1.53. The van der Waals surface area contributed by atoms with E-state index in [0.717, 1.165) is 11.3 Å². The molecule has 2 bridgehead atoms. The Morgan fingerprint density at radius 1 is 1.44 bits per heavy atom. The van der Waals surface area contributed by atoms with E-state index in [9.17, 15) is 4.79 Å². The van der Waals surface area contributed by atoms with E-state index < -0.39 is 0 Å². The van der Waals surface area contributed by atoms with Crippen molar-refractivity contribution in [2.24, 2.45) is 11.8 Å². The summed E-state index contributed by atoms with van der Waals surface area (Å²) in [6, 6.07) is 4.27. The molecule has 2 nitrogen and oxygen atoms in total. The van der Waals surface area contributed by atoms with Gasteiger partial charge in [-0.05, 0) is 36.1 Å². The first-order valence-corrected chi connectivity index (χ1v) is 6.62. The lowest BCUT2D eigenvalue weighted by atomic mass is 10.0. The van der Waals surface area contributed by atoms with Gasteiger partial charge in [0.05, 0.1) is 4.88 Å². The van der Waals surface area contributed by atoms with Crippen LogP contribution in [0.4, 0.5) is 0 Å². The van der Waals surface area contributed by atoms with Crippen LogP contribution in [-0.4, -0.2) is 23.9 Å². The van der Waals surface area contributed by atoms with Gasteiger partial charge in [-0.15, -0.1) is 11.3 Å². The van der Waals surface area contributed by atoms with Crippen molar-refractivity contribution in [3.8, 4) is 0 Å². The molecule has 1 fully saturated rings. The average molecular weight is 233 g/mol. The maximum absolute atomic E-state index is 12.2. The fraction of sp³-hybridized carbons (Fsp3) is 0.462. The number of carbonyl (C=O) groups excluding carboxylic acids is 1. The number of nitrogens with zero attached hydrogens (tertiary/aromatic N) is 1. The van der Waals surface area contributed by atoms with E-state index in [1.807, 2.05) is 29.5 Å². The van der Waals surface area contributed by atoms with E-state index >= 15 is 0 Å². The number of fused-ring (bicyclic) bond motifs is 2. The molecule has 1 aromatic rings. The van der Waals surface area contributed by atoms with Crippen molar-refractivity contribution in [3.63, 3.8) is 0 Å². The van der Waals surface area contributed by atoms with Crippen LogP contribution in [0, 0.1) is 11.8 Å². The van der Waals surface area contributed by atoms with Gasteiger partial charge in [0.15, 0.2) is 0 Å². The Bertz CT molecular complexity index is 423. The number of carbonyl (C=O) groups is 1. The molecule has 0 N–H and O–H groups in total. The summed E-state index contributed by atoms with van der Waals surface area (Å²) in [4.78, 5) is 15.0. The molecule has 3 rings (SSSR count). The van der Waals surface area contributed by atoms with Crippen molar-refractivity contribution in [2.45, 2.75) is 18.9 Å². The van der Waals surface area contributed by atoms with Gasteiger partial charge in [0.2, 0.25) is 0 Å². The van der Waals surface area contributed by atoms with Crippen LogP contribution in [0.2, 0.25) is 0 Å². The van der Waals surface area contributed by atoms with Crippen LogP contribution in [0.3, 0.4) is 0 Å². The highest BCUT2D eigenvalue weighted by Crippen LogP contribution is 2.41. The number of hydrogen-bond donors (Lipinski definition) is 0. The minimum absolute atomic E-state index is 0.181. The van der Waals surface area contributed by atoms with Gasteiger partial charge in [-0.25, -0.2) is 0 Å². The summed E-state index contributed by atoms with van der Waals surface area (Å²) in [6.45, 7) is 0. The summed E-state index contributed by atoms with van der Waals surface area (Å²) in [5.41, 5.74) is 0. The fourth-order valence-electron chi connectivity index (χ4n) is 2.92. The second-order valence-corrected chi connectivity index (χ2v) is 5.69. The van der Waals surface area contributed by atoms with E-state index in [4.69, 9.17) is 0 Å². The molecule has 0 aromatic carbocycles. The van der Waals surface area contributed by atoms with E-state index in [0.29, 0.717) is 17.9 Å². The van der Waals surface area contributed by atoms with Gasteiger partial charge < -0.3 is 4.90 Å². The van der Waals surface area contributed by atoms with E-state index in [-0.39, 0.29) is 5.91 Å². The smallest absolute Gasteiger partial charge is 0.263 e. The summed E-state index contributed by atoms with van der Waals surface area (Å²) in [6.07, 6.45) is 6.99. The molecule has 0 radical (unpaired) electrons. The van der Waals surface area contributed by atoms with Crippen LogP contribution in [-0.2, 0) is 0 Å². The summed E-state index contributed by atoms with van der Waals surface area (Å²) in [7, 11) is 1.95. The van der Waals surface area contributed by atoms with Gasteiger partial charge in [0.25, 0.3) is 5.91 Å². The minimum Gasteiger partial charge on any atom is -0.337 e. The van der Waals surface area contributed by atoms with Crippen molar-refractivity contribution in [2.75, 3.05) is 7.05 Å². The Hall–Kier alpha value is -1.09. The third-order valence-electron chi connectivity index (χ3n) is 3.79. The first-order chi connectivity index (χ1) is 7.75. The van der Waals surface area contributed by atoms with Crippen LogP contribution in [0.5, 0.6) is 0 Å². The molecule has 2 aliphatic rings. The monoisotopic (exact) mass is 233 g/mol. The highest BCUT2D eigenvalue weighted by atomic mass is 32.1. The third kappa shape index (κ3) is 1.50. The lowest BCUT2D eigenvalue weighted by molar-refractivity contribution is 0.0714. The molecule has 1 amide bonds. The number of rotatable bonds is 2. The molecule has 1 saturated carbocycles. The van der Waals surface area contributed by atoms with Crippen molar-refractivity contribution in [1.29, 1.82) is 0 Å². The van der Waals surface area contributed by atoms with Crippen molar-refractivity contribution >= 4 is 17.2 Å². The topological polar surface area (TPSA) is 20.3 Å². The standard InChI is InChI=1S/C13H15NOS/c1-14(13(15)12-3-2-6-16-12)11-8-9-4-5-10(11)7-9/h2-6,9-11H,7-8H2,1H3/t9-,10-,11-/m1/s1. The largest absolute Gasteiger partial charge is 0.337 e. The predicted molar refractivity (Wildman–Crippen MR) is 65.6 cm³/mol. The molecule has 84 valence electrons. The molecular formula is C13H15NOS. The molecular weight excluding hydrogens is 218 g/mol. The molecule has 16 heavy (non-hydrogen) atoms. The maximum Gasteiger partial charge on any atom is 0.263 e. The minimum atomic E-state index is 0.181. The Labute approximate surface area is 99.6 Å². The highest BCUT2D eigenvalue weighted by molar-refractivity contribution is 7.12. The van der Waals surface area contributed by atoms with E-state index in [1.165, 1.54) is 17.8 Å². The van der Waals surface area contributed by atoms with Gasteiger partial charge in [-0.2, -0.15) is 0 Å². The Morgan fingerprint density at radius 3 is 2.88 bits per heavy atom. The zero-order valence-corrected chi connectivity index (χ0v) is 10.1. The molecule has 0 aliphatic heterocycles. The van der Waals surface area contributed by atoms with Gasteiger partial charge >= 0.3 is 0 Å². The van der Waals surface area contributed by atoms with Gasteiger partial charge in [-0.1, -0.05) is 18.2 Å². The second kappa shape index (κ2) is 3.74. The van der Waals surface area contributed by atoms with Crippen LogP contribution in [0.15, 0.2) is 29.7 Å². The van der Waals surface area contributed by atoms with E-state index in [1.54, 1.807) is 0 Å². The molecule has 1 aromatic heterocycles. The molecule has 3 atom stereocenters. The van der Waals surface area contributed by atoms with Crippen LogP contribution in [0.25, 0.3) is 0 Å². The van der Waals surface area contributed by atoms with Crippen molar-refractivity contribution in [3.05, 3.63) is 34.5 Å². The molecule has 3 heteroatoms. The SMILES string of the molecule is CN(C(=O)c1cccs1)[C@@H]1C[C@@H]2C=C[C@@H]1C2. The number of hydrogen-bond acceptors (Lipinski definition) is 2. The van der Waals surface area contributed by atoms with Crippen LogP contribution < -0.4 is 0 Å². The number of allylic oxidation sites excluding steroid dienone is 1. The summed E-state index contributed by atoms with van der Waals surface area (Å²) < 4.78 is 0. The van der Waals surface area contributed by atoms with Crippen molar-refractivity contribution in [1.82, 2.24) is 4.90 Å². The number of thiophene rings is 1. The van der Waals surface area contributed by atoms with E-state index in [2.05, 4.69) is 12.2 Å². The molecule has 1 heterocycles. The summed E-state index contributed by atoms with van der Waals surface area (Å²) in [5, 5.41) is 1.96. The third-order valence-corrected chi connectivity index (χ3v) is 4.65. The lowest BCUT2D eigenvalue weighted by Crippen LogP contribution is -2.39. The van der Waals surface area contributed by atoms with Gasteiger partial charge in [0, 0.05) is 13.1 Å². The second-order valence-electron chi connectivity index (χ2n) is 4.74. The van der Waals surface area contributed by atoms with Crippen LogP contribution in [0.1, 0.15) is 22.5 Å². The Balaban J connectivity index is 1.76. The zero-order valence-electron chi connectivity index (χ0n) is 9.30. The maximum atomic E-state index is 12.2. The predicted octanol–water partition coefficient (Wildman–Crippen LogP) is 2.78. The Kier molecular flexibility index (Phi) is 2.36. The molecule has 0 saturated heterocycles. The number of amides is 1. The average Bonchev–Trinajstić information content (AvgIpc) is 3.02. The van der Waals surface area contributed by atoms with Gasteiger partial charge in [0.1, 0.15) is 0 Å². The first kappa shape index (κ1) is 10.1. The molecule has 0 spiro atoms. The Morgan fingerprint density at radius 2 is 2.31 bits per heavy atom. The highest BCUT2D eigenvalue weighted by Gasteiger charge is 2.39. The molecule has 0 unspecified atom stereocenters.